The number of amides is 1. The molecule has 1 saturated carbocycles. The first-order valence-electron chi connectivity index (χ1n) is 10.2. The second-order valence-corrected chi connectivity index (χ2v) is 7.97. The van der Waals surface area contributed by atoms with Crippen molar-refractivity contribution in [2.75, 3.05) is 0 Å². The maximum Gasteiger partial charge on any atom is 0.316 e. The summed E-state index contributed by atoms with van der Waals surface area (Å²) in [7, 11) is 0. The predicted octanol–water partition coefficient (Wildman–Crippen LogP) is 4.77. The minimum Gasteiger partial charge on any atom is -0.460 e. The van der Waals surface area contributed by atoms with Crippen LogP contribution in [0, 0.1) is 0 Å². The van der Waals surface area contributed by atoms with Crippen LogP contribution in [0.5, 0.6) is 6.01 Å². The molecule has 5 nitrogen and oxygen atoms in total. The average Bonchev–Trinajstić information content (AvgIpc) is 2.78. The van der Waals surface area contributed by atoms with Gasteiger partial charge in [-0.1, -0.05) is 72.3 Å². The van der Waals surface area contributed by atoms with Crippen molar-refractivity contribution < 1.29 is 9.53 Å². The van der Waals surface area contributed by atoms with E-state index in [2.05, 4.69) is 15.3 Å². The number of nitrogens with one attached hydrogen (secondary N) is 1. The molecule has 0 atom stereocenters. The van der Waals surface area contributed by atoms with E-state index in [4.69, 9.17) is 16.3 Å². The van der Waals surface area contributed by atoms with Crippen molar-refractivity contribution in [2.24, 2.45) is 0 Å². The molecule has 0 saturated heterocycles. The van der Waals surface area contributed by atoms with Gasteiger partial charge in [0.15, 0.2) is 0 Å². The van der Waals surface area contributed by atoms with Crippen LogP contribution in [0.1, 0.15) is 42.7 Å². The summed E-state index contributed by atoms with van der Waals surface area (Å²) in [6, 6.07) is 20.3. The first-order chi connectivity index (χ1) is 14.7. The van der Waals surface area contributed by atoms with E-state index in [1.165, 1.54) is 12.4 Å². The van der Waals surface area contributed by atoms with Crippen LogP contribution in [0.4, 0.5) is 0 Å². The van der Waals surface area contributed by atoms with E-state index in [0.717, 1.165) is 36.8 Å². The Hall–Kier alpha value is -2.92. The third-order valence-electron chi connectivity index (χ3n) is 5.42. The lowest BCUT2D eigenvalue weighted by Gasteiger charge is -2.30. The lowest BCUT2D eigenvalue weighted by molar-refractivity contribution is -0.122. The fraction of sp³-hybridized carbons (Fsp3) is 0.292. The van der Waals surface area contributed by atoms with E-state index < -0.39 is 0 Å². The van der Waals surface area contributed by atoms with Crippen molar-refractivity contribution in [3.05, 3.63) is 89.2 Å². The van der Waals surface area contributed by atoms with Crippen molar-refractivity contribution in [3.8, 4) is 6.01 Å². The topological polar surface area (TPSA) is 64.1 Å². The zero-order chi connectivity index (χ0) is 20.8. The number of carbonyl (C=O) groups is 1. The van der Waals surface area contributed by atoms with Crippen molar-refractivity contribution >= 4 is 17.5 Å². The van der Waals surface area contributed by atoms with Gasteiger partial charge in [-0.15, -0.1) is 0 Å². The van der Waals surface area contributed by atoms with E-state index in [1.807, 2.05) is 60.7 Å². The maximum atomic E-state index is 13.2. The molecule has 1 fully saturated rings. The molecule has 1 N–H and O–H groups in total. The molecule has 30 heavy (non-hydrogen) atoms. The number of halogens is 1. The molecule has 1 heterocycles. The van der Waals surface area contributed by atoms with Crippen LogP contribution in [0.15, 0.2) is 73.1 Å². The Morgan fingerprint density at radius 3 is 1.97 bits per heavy atom. The number of benzene rings is 2. The first kappa shape index (κ1) is 20.4. The summed E-state index contributed by atoms with van der Waals surface area (Å²) in [6.45, 7) is 0. The number of ether oxygens (including phenoxy) is 1. The molecule has 6 heteroatoms. The summed E-state index contributed by atoms with van der Waals surface area (Å²) in [5, 5.41) is 3.75. The van der Waals surface area contributed by atoms with Crippen LogP contribution in [0.3, 0.4) is 0 Å². The average molecular weight is 422 g/mol. The van der Waals surface area contributed by atoms with Crippen LogP contribution in [0.25, 0.3) is 0 Å². The molecule has 4 rings (SSSR count). The van der Waals surface area contributed by atoms with Gasteiger partial charge in [-0.3, -0.25) is 4.79 Å². The maximum absolute atomic E-state index is 13.2. The predicted molar refractivity (Wildman–Crippen MR) is 117 cm³/mol. The van der Waals surface area contributed by atoms with Gasteiger partial charge >= 0.3 is 6.01 Å². The van der Waals surface area contributed by atoms with E-state index in [0.29, 0.717) is 11.0 Å². The standard InChI is InChI=1S/C24H24ClN3O2/c25-19-15-26-24(27-16-19)30-21-13-11-20(12-14-21)28-23(29)22(17-7-3-1-4-8-17)18-9-5-2-6-10-18/h1-10,15-16,20-22H,11-14H2,(H,28,29). The largest absolute Gasteiger partial charge is 0.460 e. The van der Waals surface area contributed by atoms with Gasteiger partial charge in [-0.25, -0.2) is 9.97 Å². The normalized spacial score (nSPS) is 18.7. The molecule has 1 aromatic heterocycles. The number of hydrogen-bond acceptors (Lipinski definition) is 4. The zero-order valence-electron chi connectivity index (χ0n) is 16.6. The van der Waals surface area contributed by atoms with E-state index in [1.54, 1.807) is 0 Å². The molecule has 3 aromatic rings. The van der Waals surface area contributed by atoms with Gasteiger partial charge in [0.2, 0.25) is 5.91 Å². The third-order valence-corrected chi connectivity index (χ3v) is 5.61. The lowest BCUT2D eigenvalue weighted by Crippen LogP contribution is -2.42. The molecule has 0 bridgehead atoms. The Morgan fingerprint density at radius 1 is 0.900 bits per heavy atom. The fourth-order valence-electron chi connectivity index (χ4n) is 3.91. The van der Waals surface area contributed by atoms with Crippen LogP contribution in [-0.4, -0.2) is 28.0 Å². The van der Waals surface area contributed by atoms with Crippen molar-refractivity contribution in [1.29, 1.82) is 0 Å². The van der Waals surface area contributed by atoms with Crippen molar-refractivity contribution in [2.45, 2.75) is 43.7 Å². The smallest absolute Gasteiger partial charge is 0.316 e. The first-order valence-corrected chi connectivity index (χ1v) is 10.6. The SMILES string of the molecule is O=C(NC1CCC(Oc2ncc(Cl)cn2)CC1)C(c1ccccc1)c1ccccc1. The van der Waals surface area contributed by atoms with Crippen molar-refractivity contribution in [3.63, 3.8) is 0 Å². The highest BCUT2D eigenvalue weighted by Gasteiger charge is 2.28. The highest BCUT2D eigenvalue weighted by molar-refractivity contribution is 6.30. The summed E-state index contributed by atoms with van der Waals surface area (Å²) in [5.74, 6) is -0.276. The molecule has 1 aliphatic carbocycles. The van der Waals surface area contributed by atoms with Crippen LogP contribution in [-0.2, 0) is 4.79 Å². The highest BCUT2D eigenvalue weighted by atomic mass is 35.5. The molecular weight excluding hydrogens is 398 g/mol. The molecule has 154 valence electrons. The second-order valence-electron chi connectivity index (χ2n) is 7.54. The van der Waals surface area contributed by atoms with Gasteiger partial charge in [0.25, 0.3) is 0 Å². The van der Waals surface area contributed by atoms with Gasteiger partial charge < -0.3 is 10.1 Å². The quantitative estimate of drug-likeness (QED) is 0.622. The minimum absolute atomic E-state index is 0.0396. The van der Waals surface area contributed by atoms with Crippen LogP contribution in [0.2, 0.25) is 5.02 Å². The molecule has 0 aliphatic heterocycles. The Kier molecular flexibility index (Phi) is 6.60. The van der Waals surface area contributed by atoms with Crippen LogP contribution < -0.4 is 10.1 Å². The number of carbonyl (C=O) groups excluding carboxylic acids is 1. The van der Waals surface area contributed by atoms with Gasteiger partial charge in [0.1, 0.15) is 6.10 Å². The Bertz CT molecular complexity index is 904. The summed E-state index contributed by atoms with van der Waals surface area (Å²) in [6.07, 6.45) is 6.53. The van der Waals surface area contributed by atoms with Gasteiger partial charge in [-0.2, -0.15) is 0 Å². The Morgan fingerprint density at radius 2 is 1.43 bits per heavy atom. The summed E-state index contributed by atoms with van der Waals surface area (Å²) in [4.78, 5) is 21.4. The molecule has 2 aromatic carbocycles. The number of nitrogens with zero attached hydrogens (tertiary/aromatic N) is 2. The minimum atomic E-state index is -0.316. The second kappa shape index (κ2) is 9.72. The monoisotopic (exact) mass is 421 g/mol. The number of hydrogen-bond donors (Lipinski definition) is 1. The van der Waals surface area contributed by atoms with Gasteiger partial charge in [-0.05, 0) is 36.8 Å². The molecule has 0 radical (unpaired) electrons. The Labute approximate surface area is 181 Å². The summed E-state index contributed by atoms with van der Waals surface area (Å²) < 4.78 is 5.86. The third kappa shape index (κ3) is 5.16. The molecular formula is C24H24ClN3O2. The van der Waals surface area contributed by atoms with E-state index >= 15 is 0 Å². The highest BCUT2D eigenvalue weighted by Crippen LogP contribution is 2.27. The molecule has 1 aliphatic rings. The van der Waals surface area contributed by atoms with Crippen LogP contribution >= 0.6 is 11.6 Å². The molecule has 0 spiro atoms. The van der Waals surface area contributed by atoms with E-state index in [-0.39, 0.29) is 24.0 Å². The summed E-state index contributed by atoms with van der Waals surface area (Å²) in [5.41, 5.74) is 2.00. The van der Waals surface area contributed by atoms with E-state index in [9.17, 15) is 4.79 Å². The number of aromatic nitrogens is 2. The summed E-state index contributed by atoms with van der Waals surface area (Å²) >= 11 is 5.82. The molecule has 0 unspecified atom stereocenters. The lowest BCUT2D eigenvalue weighted by atomic mass is 9.88. The van der Waals surface area contributed by atoms with Crippen molar-refractivity contribution in [1.82, 2.24) is 15.3 Å². The fourth-order valence-corrected chi connectivity index (χ4v) is 4.00. The molecule has 1 amide bonds. The Balaban J connectivity index is 1.37. The zero-order valence-corrected chi connectivity index (χ0v) is 17.3. The van der Waals surface area contributed by atoms with Gasteiger partial charge in [0.05, 0.1) is 23.3 Å². The number of rotatable bonds is 6. The van der Waals surface area contributed by atoms with Gasteiger partial charge in [0, 0.05) is 6.04 Å².